The van der Waals surface area contributed by atoms with Crippen LogP contribution in [-0.2, 0) is 11.2 Å². The standard InChI is InChI=1S/C17H21FN4O2/c1-11-9-13(3-4-14(11)18)17-20-15(24-21-17)5-6-16(23)22-8-7-19-10-12(22)2/h3-4,9,12,19H,5-8,10H2,1-2H3/t12-/m1/s1. The SMILES string of the molecule is Cc1cc(-c2noc(CCC(=O)N3CCNC[C@H]3C)n2)ccc1F. The predicted octanol–water partition coefficient (Wildman–Crippen LogP) is 1.94. The van der Waals surface area contributed by atoms with Gasteiger partial charge >= 0.3 is 0 Å². The molecule has 0 aliphatic carbocycles. The Morgan fingerprint density at radius 2 is 2.33 bits per heavy atom. The first kappa shape index (κ1) is 16.6. The molecule has 3 rings (SSSR count). The molecule has 1 aromatic carbocycles. The number of aryl methyl sites for hydroxylation is 2. The van der Waals surface area contributed by atoms with Crippen LogP contribution in [0.25, 0.3) is 11.4 Å². The third-order valence-corrected chi connectivity index (χ3v) is 4.26. The van der Waals surface area contributed by atoms with Gasteiger partial charge in [-0.2, -0.15) is 4.98 Å². The molecule has 1 amide bonds. The van der Waals surface area contributed by atoms with Gasteiger partial charge in [-0.25, -0.2) is 4.39 Å². The Morgan fingerprint density at radius 3 is 3.08 bits per heavy atom. The zero-order valence-corrected chi connectivity index (χ0v) is 13.9. The molecule has 6 nitrogen and oxygen atoms in total. The Bertz CT molecular complexity index is 731. The maximum Gasteiger partial charge on any atom is 0.227 e. The largest absolute Gasteiger partial charge is 0.339 e. The van der Waals surface area contributed by atoms with Gasteiger partial charge in [0.05, 0.1) is 0 Å². The van der Waals surface area contributed by atoms with Crippen LogP contribution in [0.5, 0.6) is 0 Å². The van der Waals surface area contributed by atoms with Crippen molar-refractivity contribution >= 4 is 5.91 Å². The Kier molecular flexibility index (Phi) is 4.89. The van der Waals surface area contributed by atoms with Crippen molar-refractivity contribution in [1.29, 1.82) is 0 Å². The minimum absolute atomic E-state index is 0.0985. The molecule has 7 heteroatoms. The van der Waals surface area contributed by atoms with Crippen molar-refractivity contribution in [3.63, 3.8) is 0 Å². The molecule has 2 aromatic rings. The summed E-state index contributed by atoms with van der Waals surface area (Å²) in [5.74, 6) is 0.666. The van der Waals surface area contributed by atoms with Crippen LogP contribution in [-0.4, -0.2) is 46.6 Å². The number of amides is 1. The van der Waals surface area contributed by atoms with E-state index in [4.69, 9.17) is 4.52 Å². The summed E-state index contributed by atoms with van der Waals surface area (Å²) < 4.78 is 18.5. The summed E-state index contributed by atoms with van der Waals surface area (Å²) >= 11 is 0. The summed E-state index contributed by atoms with van der Waals surface area (Å²) in [4.78, 5) is 18.5. The first-order chi connectivity index (χ1) is 11.5. The number of nitrogens with one attached hydrogen (secondary N) is 1. The molecule has 1 aliphatic heterocycles. The van der Waals surface area contributed by atoms with Gasteiger partial charge in [-0.1, -0.05) is 5.16 Å². The van der Waals surface area contributed by atoms with Gasteiger partial charge < -0.3 is 14.7 Å². The van der Waals surface area contributed by atoms with E-state index in [9.17, 15) is 9.18 Å². The summed E-state index contributed by atoms with van der Waals surface area (Å²) in [5.41, 5.74) is 1.23. The Hall–Kier alpha value is -2.28. The number of hydrogen-bond acceptors (Lipinski definition) is 5. The number of hydrogen-bond donors (Lipinski definition) is 1. The number of carbonyl (C=O) groups excluding carboxylic acids is 1. The van der Waals surface area contributed by atoms with E-state index in [2.05, 4.69) is 15.5 Å². The van der Waals surface area contributed by atoms with Gasteiger partial charge in [-0.15, -0.1) is 0 Å². The fraction of sp³-hybridized carbons (Fsp3) is 0.471. The lowest BCUT2D eigenvalue weighted by molar-refractivity contribution is -0.134. The molecule has 0 unspecified atom stereocenters. The molecule has 0 radical (unpaired) electrons. The van der Waals surface area contributed by atoms with Crippen LogP contribution in [0, 0.1) is 12.7 Å². The van der Waals surface area contributed by atoms with E-state index in [0.29, 0.717) is 35.7 Å². The Morgan fingerprint density at radius 1 is 1.50 bits per heavy atom. The first-order valence-corrected chi connectivity index (χ1v) is 8.14. The van der Waals surface area contributed by atoms with Gasteiger partial charge in [0, 0.05) is 44.1 Å². The Labute approximate surface area is 140 Å². The van der Waals surface area contributed by atoms with Crippen molar-refractivity contribution in [3.05, 3.63) is 35.5 Å². The molecule has 1 saturated heterocycles. The molecule has 1 atom stereocenters. The van der Waals surface area contributed by atoms with Crippen molar-refractivity contribution in [2.45, 2.75) is 32.7 Å². The number of carbonyl (C=O) groups is 1. The van der Waals surface area contributed by atoms with Crippen LogP contribution < -0.4 is 5.32 Å². The van der Waals surface area contributed by atoms with Gasteiger partial charge in [0.25, 0.3) is 0 Å². The van der Waals surface area contributed by atoms with E-state index in [1.807, 2.05) is 11.8 Å². The van der Waals surface area contributed by atoms with Gasteiger partial charge in [0.15, 0.2) is 0 Å². The summed E-state index contributed by atoms with van der Waals surface area (Å²) in [7, 11) is 0. The van der Waals surface area contributed by atoms with Crippen molar-refractivity contribution < 1.29 is 13.7 Å². The second-order valence-electron chi connectivity index (χ2n) is 6.12. The number of piperazine rings is 1. The maximum atomic E-state index is 13.3. The zero-order chi connectivity index (χ0) is 17.1. The Balaban J connectivity index is 1.61. The predicted molar refractivity (Wildman–Crippen MR) is 86.8 cm³/mol. The van der Waals surface area contributed by atoms with Gasteiger partial charge in [-0.3, -0.25) is 4.79 Å². The maximum absolute atomic E-state index is 13.3. The van der Waals surface area contributed by atoms with E-state index in [1.165, 1.54) is 6.07 Å². The number of nitrogens with zero attached hydrogens (tertiary/aromatic N) is 3. The number of rotatable bonds is 4. The summed E-state index contributed by atoms with van der Waals surface area (Å²) in [6.07, 6.45) is 0.747. The van der Waals surface area contributed by atoms with E-state index in [0.717, 1.165) is 19.6 Å². The normalized spacial score (nSPS) is 18.0. The smallest absolute Gasteiger partial charge is 0.227 e. The average Bonchev–Trinajstić information content (AvgIpc) is 3.04. The molecule has 1 aromatic heterocycles. The lowest BCUT2D eigenvalue weighted by atomic mass is 10.1. The second kappa shape index (κ2) is 7.09. The highest BCUT2D eigenvalue weighted by Gasteiger charge is 2.23. The minimum atomic E-state index is -0.266. The van der Waals surface area contributed by atoms with Crippen molar-refractivity contribution in [3.8, 4) is 11.4 Å². The van der Waals surface area contributed by atoms with Crippen LogP contribution in [0.1, 0.15) is 24.8 Å². The van der Waals surface area contributed by atoms with Crippen LogP contribution in [0.2, 0.25) is 0 Å². The lowest BCUT2D eigenvalue weighted by Crippen LogP contribution is -2.52. The molecule has 1 fully saturated rings. The van der Waals surface area contributed by atoms with Crippen LogP contribution in [0.4, 0.5) is 4.39 Å². The molecule has 1 aliphatic rings. The second-order valence-corrected chi connectivity index (χ2v) is 6.12. The van der Waals surface area contributed by atoms with Gasteiger partial charge in [0.2, 0.25) is 17.6 Å². The van der Waals surface area contributed by atoms with E-state index < -0.39 is 0 Å². The number of benzene rings is 1. The van der Waals surface area contributed by atoms with Crippen molar-refractivity contribution in [2.75, 3.05) is 19.6 Å². The van der Waals surface area contributed by atoms with E-state index in [1.54, 1.807) is 19.1 Å². The molecule has 0 spiro atoms. The van der Waals surface area contributed by atoms with Gasteiger partial charge in [-0.05, 0) is 37.6 Å². The molecule has 128 valence electrons. The van der Waals surface area contributed by atoms with Gasteiger partial charge in [0.1, 0.15) is 5.82 Å². The molecule has 1 N–H and O–H groups in total. The molecule has 0 bridgehead atoms. The van der Waals surface area contributed by atoms with Crippen molar-refractivity contribution in [2.24, 2.45) is 0 Å². The average molecular weight is 332 g/mol. The summed E-state index contributed by atoms with van der Waals surface area (Å²) in [6, 6.07) is 4.88. The zero-order valence-electron chi connectivity index (χ0n) is 13.9. The summed E-state index contributed by atoms with van der Waals surface area (Å²) in [6.45, 7) is 6.09. The van der Waals surface area contributed by atoms with Crippen LogP contribution >= 0.6 is 0 Å². The quantitative estimate of drug-likeness (QED) is 0.926. The molecular weight excluding hydrogens is 311 g/mol. The monoisotopic (exact) mass is 332 g/mol. The molecule has 2 heterocycles. The fourth-order valence-electron chi connectivity index (χ4n) is 2.83. The van der Waals surface area contributed by atoms with E-state index >= 15 is 0 Å². The number of halogens is 1. The van der Waals surface area contributed by atoms with Crippen LogP contribution in [0.15, 0.2) is 22.7 Å². The third-order valence-electron chi connectivity index (χ3n) is 4.26. The minimum Gasteiger partial charge on any atom is -0.339 e. The third kappa shape index (κ3) is 3.62. The topological polar surface area (TPSA) is 71.3 Å². The highest BCUT2D eigenvalue weighted by atomic mass is 19.1. The highest BCUT2D eigenvalue weighted by Crippen LogP contribution is 2.19. The first-order valence-electron chi connectivity index (χ1n) is 8.14. The lowest BCUT2D eigenvalue weighted by Gasteiger charge is -2.34. The number of aromatic nitrogens is 2. The van der Waals surface area contributed by atoms with Crippen molar-refractivity contribution in [1.82, 2.24) is 20.4 Å². The highest BCUT2D eigenvalue weighted by molar-refractivity contribution is 5.76. The molecule has 0 saturated carbocycles. The van der Waals surface area contributed by atoms with Crippen LogP contribution in [0.3, 0.4) is 0 Å². The van der Waals surface area contributed by atoms with E-state index in [-0.39, 0.29) is 17.8 Å². The molecular formula is C17H21FN4O2. The fourth-order valence-corrected chi connectivity index (χ4v) is 2.83. The summed E-state index contributed by atoms with van der Waals surface area (Å²) in [5, 5.41) is 7.18. The molecule has 24 heavy (non-hydrogen) atoms.